The molecule has 0 spiro atoms. The van der Waals surface area contributed by atoms with Crippen LogP contribution in [0.5, 0.6) is 0 Å². The van der Waals surface area contributed by atoms with Crippen molar-refractivity contribution < 1.29 is 23.2 Å². The number of piperidine rings is 1. The molecule has 256 valence electrons. The molecule has 1 fully saturated rings. The van der Waals surface area contributed by atoms with Gasteiger partial charge in [0.2, 0.25) is 17.7 Å². The largest absolute Gasteiger partial charge is 0.353 e. The third-order valence-corrected chi connectivity index (χ3v) is 8.07. The van der Waals surface area contributed by atoms with E-state index in [1.807, 2.05) is 30.3 Å². The Morgan fingerprint density at radius 3 is 2.28 bits per heavy atom. The molecule has 0 aliphatic carbocycles. The van der Waals surface area contributed by atoms with Crippen molar-refractivity contribution in [3.05, 3.63) is 71.3 Å². The van der Waals surface area contributed by atoms with Gasteiger partial charge in [-0.1, -0.05) is 50.2 Å². The number of unbranched alkanes of at least 4 members (excludes halogenated alkanes) is 1. The SMILES string of the molecule is CC(C)C[C@@H](NC[C@H](N)Cc1ccccc1)C(=O)N[C@H](CCCCN)C(=O)N1CCC(NC(=O)Cc2ccc(F)c(F)c2)CC1.Cl. The van der Waals surface area contributed by atoms with Crippen molar-refractivity contribution in [1.29, 1.82) is 0 Å². The number of nitrogens with two attached hydrogens (primary N) is 2. The summed E-state index contributed by atoms with van der Waals surface area (Å²) < 4.78 is 26.7. The van der Waals surface area contributed by atoms with Crippen LogP contribution in [0.1, 0.15) is 63.5 Å². The molecule has 3 rings (SSSR count). The average molecular weight is 665 g/mol. The van der Waals surface area contributed by atoms with Crippen molar-refractivity contribution >= 4 is 30.1 Å². The van der Waals surface area contributed by atoms with Crippen LogP contribution in [0.2, 0.25) is 0 Å². The highest BCUT2D eigenvalue weighted by atomic mass is 35.5. The van der Waals surface area contributed by atoms with Crippen molar-refractivity contribution in [1.82, 2.24) is 20.9 Å². The van der Waals surface area contributed by atoms with E-state index in [0.717, 1.165) is 24.1 Å². The Kier molecular flexibility index (Phi) is 17.1. The number of hydrogen-bond acceptors (Lipinski definition) is 6. The van der Waals surface area contributed by atoms with Crippen molar-refractivity contribution in [2.24, 2.45) is 17.4 Å². The highest BCUT2D eigenvalue weighted by molar-refractivity contribution is 5.90. The Balaban J connectivity index is 0.00000736. The van der Waals surface area contributed by atoms with Crippen LogP contribution in [0.25, 0.3) is 0 Å². The van der Waals surface area contributed by atoms with Crippen molar-refractivity contribution in [2.45, 2.75) is 89.4 Å². The molecule has 9 nitrogen and oxygen atoms in total. The summed E-state index contributed by atoms with van der Waals surface area (Å²) in [5, 5.41) is 9.32. The van der Waals surface area contributed by atoms with Crippen LogP contribution in [-0.2, 0) is 27.2 Å². The van der Waals surface area contributed by atoms with Crippen molar-refractivity contribution in [3.63, 3.8) is 0 Å². The molecule has 7 N–H and O–H groups in total. The summed E-state index contributed by atoms with van der Waals surface area (Å²) in [5.74, 6) is -2.34. The third-order valence-electron chi connectivity index (χ3n) is 8.07. The maximum atomic E-state index is 13.7. The number of likely N-dealkylation sites (tertiary alicyclic amines) is 1. The predicted molar refractivity (Wildman–Crippen MR) is 179 cm³/mol. The molecule has 0 saturated carbocycles. The van der Waals surface area contributed by atoms with Gasteiger partial charge in [0.25, 0.3) is 0 Å². The number of carbonyl (C=O) groups is 3. The van der Waals surface area contributed by atoms with Gasteiger partial charge in [0.1, 0.15) is 6.04 Å². The van der Waals surface area contributed by atoms with Gasteiger partial charge in [-0.15, -0.1) is 12.4 Å². The van der Waals surface area contributed by atoms with Crippen molar-refractivity contribution in [2.75, 3.05) is 26.2 Å². The summed E-state index contributed by atoms with van der Waals surface area (Å²) in [5.41, 5.74) is 13.6. The van der Waals surface area contributed by atoms with E-state index in [9.17, 15) is 23.2 Å². The molecule has 3 atom stereocenters. The van der Waals surface area contributed by atoms with Gasteiger partial charge in [-0.25, -0.2) is 8.78 Å². The zero-order chi connectivity index (χ0) is 32.8. The summed E-state index contributed by atoms with van der Waals surface area (Å²) in [6, 6.07) is 11.9. The summed E-state index contributed by atoms with van der Waals surface area (Å²) in [6.45, 7) is 5.93. The van der Waals surface area contributed by atoms with Crippen LogP contribution in [0.4, 0.5) is 8.78 Å². The lowest BCUT2D eigenvalue weighted by Gasteiger charge is -2.35. The quantitative estimate of drug-likeness (QED) is 0.165. The van der Waals surface area contributed by atoms with Gasteiger partial charge < -0.3 is 32.3 Å². The fourth-order valence-electron chi connectivity index (χ4n) is 5.64. The highest BCUT2D eigenvalue weighted by Gasteiger charge is 2.31. The molecule has 2 aromatic rings. The highest BCUT2D eigenvalue weighted by Crippen LogP contribution is 2.16. The Hall–Kier alpha value is -3.12. The maximum absolute atomic E-state index is 13.7. The Morgan fingerprint density at radius 2 is 1.65 bits per heavy atom. The fourth-order valence-corrected chi connectivity index (χ4v) is 5.64. The minimum Gasteiger partial charge on any atom is -0.353 e. The van der Waals surface area contributed by atoms with E-state index in [4.69, 9.17) is 11.5 Å². The van der Waals surface area contributed by atoms with Crippen LogP contribution < -0.4 is 27.4 Å². The lowest BCUT2D eigenvalue weighted by atomic mass is 9.99. The van der Waals surface area contributed by atoms with Crippen LogP contribution in [0.3, 0.4) is 0 Å². The molecule has 1 saturated heterocycles. The molecule has 2 aromatic carbocycles. The van der Waals surface area contributed by atoms with Gasteiger partial charge >= 0.3 is 0 Å². The summed E-state index contributed by atoms with van der Waals surface area (Å²) in [4.78, 5) is 41.5. The van der Waals surface area contributed by atoms with E-state index >= 15 is 0 Å². The molecule has 1 aliphatic heterocycles. The lowest BCUT2D eigenvalue weighted by molar-refractivity contribution is -0.138. The molecule has 0 unspecified atom stereocenters. The first-order valence-corrected chi connectivity index (χ1v) is 16.1. The number of rotatable bonds is 17. The number of carbonyl (C=O) groups excluding carboxylic acids is 3. The standard InChI is InChI=1S/C34H50F2N6O3.ClH/c1-23(2)18-31(39-22-26(38)19-24-8-4-3-5-9-24)33(44)41-30(10-6-7-15-37)34(45)42-16-13-27(14-17-42)40-32(43)21-25-11-12-28(35)29(36)20-25;/h3-5,8-9,11-12,20,23,26-27,30-31,39H,6-7,10,13-19,21-22,37-38H2,1-2H3,(H,40,43)(H,41,44);1H/t26-,30-,31-;/m1./s1. The molecule has 12 heteroatoms. The van der Waals surface area contributed by atoms with Gasteiger partial charge in [0, 0.05) is 31.7 Å². The number of amides is 3. The summed E-state index contributed by atoms with van der Waals surface area (Å²) in [6.07, 6.45) is 4.25. The second-order valence-corrected chi connectivity index (χ2v) is 12.5. The van der Waals surface area contributed by atoms with E-state index in [2.05, 4.69) is 29.8 Å². The molecule has 0 radical (unpaired) electrons. The molecule has 0 bridgehead atoms. The molecule has 0 aromatic heterocycles. The molecule has 3 amide bonds. The van der Waals surface area contributed by atoms with E-state index in [0.29, 0.717) is 70.3 Å². The van der Waals surface area contributed by atoms with E-state index in [1.165, 1.54) is 6.07 Å². The zero-order valence-electron chi connectivity index (χ0n) is 27.0. The molecular formula is C34H51ClF2N6O3. The Bertz CT molecular complexity index is 1230. The number of nitrogens with one attached hydrogen (secondary N) is 3. The number of benzene rings is 2. The van der Waals surface area contributed by atoms with Crippen LogP contribution in [0.15, 0.2) is 48.5 Å². The molecular weight excluding hydrogens is 614 g/mol. The van der Waals surface area contributed by atoms with Gasteiger partial charge in [-0.3, -0.25) is 14.4 Å². The summed E-state index contributed by atoms with van der Waals surface area (Å²) >= 11 is 0. The average Bonchev–Trinajstić information content (AvgIpc) is 3.01. The summed E-state index contributed by atoms with van der Waals surface area (Å²) in [7, 11) is 0. The number of halogens is 3. The van der Waals surface area contributed by atoms with Crippen LogP contribution >= 0.6 is 12.4 Å². The monoisotopic (exact) mass is 664 g/mol. The number of hydrogen-bond donors (Lipinski definition) is 5. The van der Waals surface area contributed by atoms with E-state index in [1.54, 1.807) is 4.90 Å². The fraction of sp³-hybridized carbons (Fsp3) is 0.559. The minimum absolute atomic E-state index is 0. The maximum Gasteiger partial charge on any atom is 0.245 e. The van der Waals surface area contributed by atoms with E-state index < -0.39 is 23.7 Å². The molecule has 1 heterocycles. The minimum atomic E-state index is -0.988. The first kappa shape index (κ1) is 39.1. The second kappa shape index (κ2) is 20.2. The smallest absolute Gasteiger partial charge is 0.245 e. The van der Waals surface area contributed by atoms with Gasteiger partial charge in [-0.05, 0) is 80.7 Å². The predicted octanol–water partition coefficient (Wildman–Crippen LogP) is 3.22. The molecule has 46 heavy (non-hydrogen) atoms. The first-order valence-electron chi connectivity index (χ1n) is 16.1. The van der Waals surface area contributed by atoms with Gasteiger partial charge in [-0.2, -0.15) is 0 Å². The normalized spacial score (nSPS) is 15.5. The van der Waals surface area contributed by atoms with Crippen molar-refractivity contribution in [3.8, 4) is 0 Å². The van der Waals surface area contributed by atoms with E-state index in [-0.39, 0.29) is 54.6 Å². The lowest BCUT2D eigenvalue weighted by Crippen LogP contribution is -2.56. The zero-order valence-corrected chi connectivity index (χ0v) is 27.8. The Morgan fingerprint density at radius 1 is 0.957 bits per heavy atom. The van der Waals surface area contributed by atoms with Crippen LogP contribution in [0, 0.1) is 17.6 Å². The Labute approximate surface area is 278 Å². The van der Waals surface area contributed by atoms with Gasteiger partial charge in [0.05, 0.1) is 12.5 Å². The third kappa shape index (κ3) is 13.3. The van der Waals surface area contributed by atoms with Gasteiger partial charge in [0.15, 0.2) is 11.6 Å². The molecule has 1 aliphatic rings. The second-order valence-electron chi connectivity index (χ2n) is 12.5. The number of nitrogens with zero attached hydrogens (tertiary/aromatic N) is 1. The topological polar surface area (TPSA) is 143 Å². The van der Waals surface area contributed by atoms with Crippen LogP contribution in [-0.4, -0.2) is 73.0 Å². The first-order chi connectivity index (χ1) is 21.5.